The Morgan fingerprint density at radius 1 is 1.40 bits per heavy atom. The molecule has 0 fully saturated rings. The van der Waals surface area contributed by atoms with Crippen LogP contribution in [0.1, 0.15) is 0 Å². The number of hydrogen-bond donors (Lipinski definition) is 2. The van der Waals surface area contributed by atoms with E-state index in [1.807, 2.05) is 0 Å². The Morgan fingerprint density at radius 2 is 2.20 bits per heavy atom. The number of aromatic amines is 1. The summed E-state index contributed by atoms with van der Waals surface area (Å²) >= 11 is 0. The molecule has 5 heteroatoms. The summed E-state index contributed by atoms with van der Waals surface area (Å²) in [6, 6.07) is 4.79. The van der Waals surface area contributed by atoms with E-state index in [1.165, 1.54) is 6.07 Å². The molecule has 0 saturated heterocycles. The lowest BCUT2D eigenvalue weighted by Crippen LogP contribution is -2.01. The Hall–Kier alpha value is -1.78. The Kier molecular flexibility index (Phi) is 2.45. The van der Waals surface area contributed by atoms with Crippen molar-refractivity contribution in [2.24, 2.45) is 0 Å². The topological polar surface area (TPSA) is 37.0 Å². The maximum Gasteiger partial charge on any atom is 0.387 e. The number of benzene rings is 1. The second-order valence-electron chi connectivity index (χ2n) is 3.04. The molecule has 0 amide bonds. The van der Waals surface area contributed by atoms with Crippen LogP contribution in [0.25, 0.3) is 10.9 Å². The lowest BCUT2D eigenvalue weighted by atomic mass is 10.2. The van der Waals surface area contributed by atoms with Gasteiger partial charge < -0.3 is 15.0 Å². The molecule has 0 spiro atoms. The van der Waals surface area contributed by atoms with Crippen LogP contribution in [0.4, 0.5) is 14.5 Å². The Bertz CT molecular complexity index is 467. The van der Waals surface area contributed by atoms with E-state index in [0.29, 0.717) is 0 Å². The summed E-state index contributed by atoms with van der Waals surface area (Å²) in [7, 11) is 1.80. The molecule has 0 radical (unpaired) electrons. The summed E-state index contributed by atoms with van der Waals surface area (Å²) in [6.45, 7) is -2.79. The fourth-order valence-corrected chi connectivity index (χ4v) is 1.49. The highest BCUT2D eigenvalue weighted by Crippen LogP contribution is 2.26. The molecule has 0 aliphatic rings. The van der Waals surface area contributed by atoms with Gasteiger partial charge in [0.15, 0.2) is 0 Å². The summed E-state index contributed by atoms with van der Waals surface area (Å²) in [5.74, 6) is 0.155. The fourth-order valence-electron chi connectivity index (χ4n) is 1.49. The van der Waals surface area contributed by atoms with Gasteiger partial charge in [0.2, 0.25) is 0 Å². The van der Waals surface area contributed by atoms with Crippen molar-refractivity contribution in [3.05, 3.63) is 24.4 Å². The number of rotatable bonds is 3. The Balaban J connectivity index is 2.39. The van der Waals surface area contributed by atoms with Gasteiger partial charge in [0, 0.05) is 24.7 Å². The highest BCUT2D eigenvalue weighted by atomic mass is 19.3. The van der Waals surface area contributed by atoms with Crippen LogP contribution in [0.15, 0.2) is 24.4 Å². The second-order valence-corrected chi connectivity index (χ2v) is 3.04. The molecule has 0 bridgehead atoms. The number of alkyl halides is 2. The van der Waals surface area contributed by atoms with Gasteiger partial charge in [-0.3, -0.25) is 0 Å². The fraction of sp³-hybridized carbons (Fsp3) is 0.200. The van der Waals surface area contributed by atoms with Crippen molar-refractivity contribution in [3.8, 4) is 5.75 Å². The van der Waals surface area contributed by atoms with Gasteiger partial charge in [0.1, 0.15) is 5.75 Å². The molecular formula is C10H10F2N2O. The van der Waals surface area contributed by atoms with E-state index in [2.05, 4.69) is 15.0 Å². The highest BCUT2D eigenvalue weighted by molar-refractivity contribution is 5.93. The number of H-pyrrole nitrogens is 1. The maximum absolute atomic E-state index is 11.9. The van der Waals surface area contributed by atoms with Crippen molar-refractivity contribution in [3.63, 3.8) is 0 Å². The van der Waals surface area contributed by atoms with E-state index in [-0.39, 0.29) is 5.75 Å². The van der Waals surface area contributed by atoms with Gasteiger partial charge in [0.05, 0.1) is 11.2 Å². The lowest BCUT2D eigenvalue weighted by molar-refractivity contribution is -0.0497. The first-order valence-corrected chi connectivity index (χ1v) is 4.44. The quantitative estimate of drug-likeness (QED) is 0.820. The average molecular weight is 212 g/mol. The van der Waals surface area contributed by atoms with Crippen molar-refractivity contribution >= 4 is 16.6 Å². The minimum absolute atomic E-state index is 0.155. The molecule has 1 aromatic carbocycles. The van der Waals surface area contributed by atoms with Crippen molar-refractivity contribution in [2.45, 2.75) is 6.61 Å². The maximum atomic E-state index is 11.9. The number of fused-ring (bicyclic) bond motifs is 1. The van der Waals surface area contributed by atoms with Gasteiger partial charge in [-0.25, -0.2) is 0 Å². The summed E-state index contributed by atoms with van der Waals surface area (Å²) < 4.78 is 28.2. The number of halogens is 2. The number of ether oxygens (including phenoxy) is 1. The van der Waals surface area contributed by atoms with Gasteiger partial charge in [-0.2, -0.15) is 8.78 Å². The van der Waals surface area contributed by atoms with Crippen LogP contribution >= 0.6 is 0 Å². The summed E-state index contributed by atoms with van der Waals surface area (Å²) in [5.41, 5.74) is 1.69. The predicted octanol–water partition coefficient (Wildman–Crippen LogP) is 2.81. The van der Waals surface area contributed by atoms with Crippen LogP contribution < -0.4 is 10.1 Å². The minimum Gasteiger partial charge on any atom is -0.435 e. The Labute approximate surface area is 85.0 Å². The van der Waals surface area contributed by atoms with Gasteiger partial charge in [0.25, 0.3) is 0 Å². The van der Waals surface area contributed by atoms with E-state index in [0.717, 1.165) is 16.6 Å². The minimum atomic E-state index is -2.79. The molecule has 3 nitrogen and oxygen atoms in total. The smallest absolute Gasteiger partial charge is 0.387 e. The third kappa shape index (κ3) is 1.86. The third-order valence-electron chi connectivity index (χ3n) is 2.15. The first kappa shape index (κ1) is 9.76. The normalized spacial score (nSPS) is 10.9. The first-order valence-electron chi connectivity index (χ1n) is 4.44. The van der Waals surface area contributed by atoms with E-state index < -0.39 is 6.61 Å². The lowest BCUT2D eigenvalue weighted by Gasteiger charge is -2.04. The average Bonchev–Trinajstić information content (AvgIpc) is 2.58. The van der Waals surface area contributed by atoms with Crippen molar-refractivity contribution in [1.82, 2.24) is 4.98 Å². The van der Waals surface area contributed by atoms with E-state index in [9.17, 15) is 8.78 Å². The van der Waals surface area contributed by atoms with E-state index >= 15 is 0 Å². The highest BCUT2D eigenvalue weighted by Gasteiger charge is 2.07. The van der Waals surface area contributed by atoms with Gasteiger partial charge in [-0.1, -0.05) is 0 Å². The molecule has 0 saturated carbocycles. The van der Waals surface area contributed by atoms with Crippen LogP contribution in [0.5, 0.6) is 5.75 Å². The van der Waals surface area contributed by atoms with Crippen LogP contribution in [0, 0.1) is 0 Å². The van der Waals surface area contributed by atoms with Crippen molar-refractivity contribution in [2.75, 3.05) is 12.4 Å². The molecule has 0 aliphatic heterocycles. The molecule has 2 aromatic rings. The Morgan fingerprint density at radius 3 is 2.87 bits per heavy atom. The van der Waals surface area contributed by atoms with Crippen LogP contribution in [0.2, 0.25) is 0 Å². The van der Waals surface area contributed by atoms with Gasteiger partial charge in [-0.05, 0) is 12.1 Å². The molecule has 0 aliphatic carbocycles. The summed E-state index contributed by atoms with van der Waals surface area (Å²) in [4.78, 5) is 2.97. The number of anilines is 1. The van der Waals surface area contributed by atoms with Crippen LogP contribution in [-0.2, 0) is 0 Å². The predicted molar refractivity (Wildman–Crippen MR) is 54.5 cm³/mol. The SMILES string of the molecule is CNc1c[nH]c2cc(OC(F)F)ccc12. The molecule has 2 rings (SSSR count). The van der Waals surface area contributed by atoms with Gasteiger partial charge in [-0.15, -0.1) is 0 Å². The first-order chi connectivity index (χ1) is 7.20. The van der Waals surface area contributed by atoms with Crippen LogP contribution in [-0.4, -0.2) is 18.6 Å². The molecule has 15 heavy (non-hydrogen) atoms. The molecule has 80 valence electrons. The summed E-state index contributed by atoms with van der Waals surface area (Å²) in [5, 5.41) is 3.93. The van der Waals surface area contributed by atoms with E-state index in [1.54, 1.807) is 25.4 Å². The largest absolute Gasteiger partial charge is 0.435 e. The third-order valence-corrected chi connectivity index (χ3v) is 2.15. The summed E-state index contributed by atoms with van der Waals surface area (Å²) in [6.07, 6.45) is 1.77. The zero-order valence-electron chi connectivity index (χ0n) is 8.05. The monoisotopic (exact) mass is 212 g/mol. The second kappa shape index (κ2) is 3.76. The molecule has 1 heterocycles. The number of hydrogen-bond acceptors (Lipinski definition) is 2. The molecule has 0 unspecified atom stereocenters. The van der Waals surface area contributed by atoms with E-state index in [4.69, 9.17) is 0 Å². The molecule has 1 aromatic heterocycles. The number of aromatic nitrogens is 1. The standard InChI is InChI=1S/C10H10F2N2O/c1-13-9-5-14-8-4-6(15-10(11)12)2-3-7(8)9/h2-5,10,13-14H,1H3. The van der Waals surface area contributed by atoms with Crippen LogP contribution in [0.3, 0.4) is 0 Å². The molecular weight excluding hydrogens is 202 g/mol. The molecule has 0 atom stereocenters. The zero-order valence-corrected chi connectivity index (χ0v) is 8.05. The number of nitrogens with one attached hydrogen (secondary N) is 2. The molecule has 2 N–H and O–H groups in total. The zero-order chi connectivity index (χ0) is 10.8. The van der Waals surface area contributed by atoms with Gasteiger partial charge >= 0.3 is 6.61 Å². The van der Waals surface area contributed by atoms with Crippen molar-refractivity contribution < 1.29 is 13.5 Å². The van der Waals surface area contributed by atoms with Crippen molar-refractivity contribution in [1.29, 1.82) is 0 Å².